The lowest BCUT2D eigenvalue weighted by atomic mass is 10.1. The van der Waals surface area contributed by atoms with E-state index in [1.165, 1.54) is 18.9 Å². The largest absolute Gasteiger partial charge is 0.497 e. The number of nitrogens with one attached hydrogen (secondary N) is 1. The van der Waals surface area contributed by atoms with Crippen LogP contribution in [0.3, 0.4) is 0 Å². The lowest BCUT2D eigenvalue weighted by Gasteiger charge is -2.11. The van der Waals surface area contributed by atoms with Gasteiger partial charge < -0.3 is 14.8 Å². The van der Waals surface area contributed by atoms with Crippen LogP contribution in [-0.2, 0) is 0 Å². The number of nitrogens with zero attached hydrogens (tertiary/aromatic N) is 2. The zero-order valence-corrected chi connectivity index (χ0v) is 19.3. The third-order valence-electron chi connectivity index (χ3n) is 4.85. The van der Waals surface area contributed by atoms with Crippen molar-refractivity contribution < 1.29 is 19.1 Å². The first kappa shape index (κ1) is 23.4. The molecule has 0 atom stereocenters. The number of benzene rings is 2. The number of hydrogen-bond acceptors (Lipinski definition) is 6. The molecule has 1 aromatic heterocycles. The molecule has 168 valence electrons. The number of rotatable bonds is 11. The van der Waals surface area contributed by atoms with Crippen molar-refractivity contribution in [3.63, 3.8) is 0 Å². The summed E-state index contributed by atoms with van der Waals surface area (Å²) in [4.78, 5) is 29.6. The Labute approximate surface area is 192 Å². The van der Waals surface area contributed by atoms with E-state index in [0.29, 0.717) is 34.3 Å². The number of thioether (sulfide) groups is 1. The van der Waals surface area contributed by atoms with Gasteiger partial charge in [0.05, 0.1) is 25.5 Å². The van der Waals surface area contributed by atoms with Crippen LogP contribution in [0, 0.1) is 0 Å². The lowest BCUT2D eigenvalue weighted by molar-refractivity contribution is 0.0952. The molecule has 3 rings (SSSR count). The van der Waals surface area contributed by atoms with Gasteiger partial charge in [0.15, 0.2) is 10.9 Å². The monoisotopic (exact) mass is 453 g/mol. The Kier molecular flexibility index (Phi) is 8.33. The molecule has 0 radical (unpaired) electrons. The van der Waals surface area contributed by atoms with Gasteiger partial charge in [-0.15, -0.1) is 0 Å². The molecule has 0 saturated carbocycles. The number of aromatic nitrogens is 2. The van der Waals surface area contributed by atoms with E-state index in [1.807, 2.05) is 29.0 Å². The van der Waals surface area contributed by atoms with Gasteiger partial charge in [0, 0.05) is 30.2 Å². The number of imidazole rings is 1. The second-order valence-electron chi connectivity index (χ2n) is 7.02. The van der Waals surface area contributed by atoms with Gasteiger partial charge in [-0.05, 0) is 42.8 Å². The molecular formula is C24H27N3O4S. The Morgan fingerprint density at radius 2 is 1.97 bits per heavy atom. The summed E-state index contributed by atoms with van der Waals surface area (Å²) in [6, 6.07) is 12.5. The highest BCUT2D eigenvalue weighted by Crippen LogP contribution is 2.27. The summed E-state index contributed by atoms with van der Waals surface area (Å²) in [5, 5.41) is 3.59. The number of methoxy groups -OCH3 is 2. The zero-order valence-electron chi connectivity index (χ0n) is 18.5. The van der Waals surface area contributed by atoms with Crippen molar-refractivity contribution in [3.05, 3.63) is 66.0 Å². The second-order valence-corrected chi connectivity index (χ2v) is 7.96. The van der Waals surface area contributed by atoms with Gasteiger partial charge >= 0.3 is 0 Å². The van der Waals surface area contributed by atoms with E-state index in [4.69, 9.17) is 9.47 Å². The van der Waals surface area contributed by atoms with Crippen LogP contribution >= 0.6 is 11.8 Å². The number of ketones is 1. The standard InChI is InChI=1S/C24H27N3O4S/c1-4-5-11-25-23(29)17-7-6-8-18(14-17)27-13-12-26-24(27)32-16-21(28)20-15-19(30-2)9-10-22(20)31-3/h6-10,12-15H,4-5,11,16H2,1-3H3,(H,25,29). The van der Waals surface area contributed by atoms with Crippen LogP contribution in [0.4, 0.5) is 0 Å². The molecule has 1 N–H and O–H groups in total. The molecule has 0 saturated heterocycles. The second kappa shape index (κ2) is 11.4. The Hall–Kier alpha value is -3.26. The van der Waals surface area contributed by atoms with Crippen molar-refractivity contribution in [3.8, 4) is 17.2 Å². The molecule has 0 bridgehead atoms. The number of carbonyl (C=O) groups excluding carboxylic acids is 2. The molecule has 2 aromatic carbocycles. The molecule has 7 nitrogen and oxygen atoms in total. The van der Waals surface area contributed by atoms with Crippen LogP contribution in [0.1, 0.15) is 40.5 Å². The van der Waals surface area contributed by atoms with E-state index in [1.54, 1.807) is 37.6 Å². The van der Waals surface area contributed by atoms with Gasteiger partial charge in [0.2, 0.25) is 0 Å². The average Bonchev–Trinajstić information content (AvgIpc) is 3.31. The molecule has 32 heavy (non-hydrogen) atoms. The van der Waals surface area contributed by atoms with Crippen LogP contribution in [0.25, 0.3) is 5.69 Å². The number of unbranched alkanes of at least 4 members (excludes halogenated alkanes) is 1. The van der Waals surface area contributed by atoms with Gasteiger partial charge in [-0.1, -0.05) is 31.2 Å². The molecule has 1 heterocycles. The third kappa shape index (κ3) is 5.70. The summed E-state index contributed by atoms with van der Waals surface area (Å²) in [6.45, 7) is 2.74. The molecule has 1 amide bonds. The van der Waals surface area contributed by atoms with Crippen LogP contribution in [0.5, 0.6) is 11.5 Å². The molecular weight excluding hydrogens is 426 g/mol. The van der Waals surface area contributed by atoms with Gasteiger partial charge in [-0.25, -0.2) is 4.98 Å². The Morgan fingerprint density at radius 1 is 1.12 bits per heavy atom. The van der Waals surface area contributed by atoms with E-state index in [9.17, 15) is 9.59 Å². The number of amides is 1. The molecule has 0 aliphatic heterocycles. The molecule has 3 aromatic rings. The Balaban J connectivity index is 1.74. The van der Waals surface area contributed by atoms with Crippen molar-refractivity contribution in [1.29, 1.82) is 0 Å². The highest BCUT2D eigenvalue weighted by atomic mass is 32.2. The minimum atomic E-state index is -0.102. The predicted octanol–water partition coefficient (Wildman–Crippen LogP) is 4.39. The maximum Gasteiger partial charge on any atom is 0.251 e. The van der Waals surface area contributed by atoms with Crippen LogP contribution in [-0.4, -0.2) is 47.8 Å². The number of ether oxygens (including phenoxy) is 2. The quantitative estimate of drug-likeness (QED) is 0.263. The first-order chi connectivity index (χ1) is 15.6. The number of hydrogen-bond donors (Lipinski definition) is 1. The van der Waals surface area contributed by atoms with Crippen molar-refractivity contribution in [2.45, 2.75) is 24.9 Å². The fourth-order valence-corrected chi connectivity index (χ4v) is 3.97. The van der Waals surface area contributed by atoms with Gasteiger partial charge in [0.1, 0.15) is 11.5 Å². The first-order valence-electron chi connectivity index (χ1n) is 10.4. The minimum absolute atomic E-state index is 0.0932. The zero-order chi connectivity index (χ0) is 22.9. The van der Waals surface area contributed by atoms with E-state index < -0.39 is 0 Å². The van der Waals surface area contributed by atoms with Gasteiger partial charge in [-0.2, -0.15) is 0 Å². The molecule has 8 heteroatoms. The maximum absolute atomic E-state index is 12.9. The van der Waals surface area contributed by atoms with E-state index in [-0.39, 0.29) is 17.4 Å². The SMILES string of the molecule is CCCCNC(=O)c1cccc(-n2ccnc2SCC(=O)c2cc(OC)ccc2OC)c1. The minimum Gasteiger partial charge on any atom is -0.497 e. The molecule has 0 spiro atoms. The third-order valence-corrected chi connectivity index (χ3v) is 5.82. The van der Waals surface area contributed by atoms with Gasteiger partial charge in [-0.3, -0.25) is 14.2 Å². The fraction of sp³-hybridized carbons (Fsp3) is 0.292. The average molecular weight is 454 g/mol. The summed E-state index contributed by atoms with van der Waals surface area (Å²) in [5.41, 5.74) is 1.85. The van der Waals surface area contributed by atoms with E-state index in [0.717, 1.165) is 18.5 Å². The van der Waals surface area contributed by atoms with Crippen molar-refractivity contribution >= 4 is 23.5 Å². The molecule has 0 aliphatic carbocycles. The first-order valence-corrected chi connectivity index (χ1v) is 11.4. The fourth-order valence-electron chi connectivity index (χ4n) is 3.11. The summed E-state index contributed by atoms with van der Waals surface area (Å²) >= 11 is 1.32. The topological polar surface area (TPSA) is 82.5 Å². The summed E-state index contributed by atoms with van der Waals surface area (Å²) in [7, 11) is 3.09. The smallest absolute Gasteiger partial charge is 0.251 e. The summed E-state index contributed by atoms with van der Waals surface area (Å²) in [5.74, 6) is 1.08. The van der Waals surface area contributed by atoms with Crippen molar-refractivity contribution in [2.24, 2.45) is 0 Å². The van der Waals surface area contributed by atoms with Crippen LogP contribution in [0.15, 0.2) is 60.0 Å². The van der Waals surface area contributed by atoms with Crippen LogP contribution in [0.2, 0.25) is 0 Å². The number of carbonyl (C=O) groups is 2. The Morgan fingerprint density at radius 3 is 2.72 bits per heavy atom. The lowest BCUT2D eigenvalue weighted by Crippen LogP contribution is -2.24. The van der Waals surface area contributed by atoms with Crippen LogP contribution < -0.4 is 14.8 Å². The predicted molar refractivity (Wildman–Crippen MR) is 125 cm³/mol. The number of Topliss-reactive ketones (excluding diaryl/α,β-unsaturated/α-hetero) is 1. The maximum atomic E-state index is 12.9. The summed E-state index contributed by atoms with van der Waals surface area (Å²) in [6.07, 6.45) is 5.45. The van der Waals surface area contributed by atoms with Crippen molar-refractivity contribution in [1.82, 2.24) is 14.9 Å². The molecule has 0 unspecified atom stereocenters. The highest BCUT2D eigenvalue weighted by Gasteiger charge is 2.16. The normalized spacial score (nSPS) is 10.6. The molecule has 0 aliphatic rings. The summed E-state index contributed by atoms with van der Waals surface area (Å²) < 4.78 is 12.4. The van der Waals surface area contributed by atoms with Gasteiger partial charge in [0.25, 0.3) is 5.91 Å². The Bertz CT molecular complexity index is 1080. The highest BCUT2D eigenvalue weighted by molar-refractivity contribution is 7.99. The molecule has 0 fully saturated rings. The van der Waals surface area contributed by atoms with E-state index >= 15 is 0 Å². The van der Waals surface area contributed by atoms with E-state index in [2.05, 4.69) is 17.2 Å². The van der Waals surface area contributed by atoms with Crippen molar-refractivity contribution in [2.75, 3.05) is 26.5 Å².